The van der Waals surface area contributed by atoms with Crippen molar-refractivity contribution in [2.45, 2.75) is 36.9 Å². The Bertz CT molecular complexity index is 1140. The van der Waals surface area contributed by atoms with E-state index in [-0.39, 0.29) is 22.8 Å². The highest BCUT2D eigenvalue weighted by atomic mass is 32.2. The number of benzene rings is 2. The molecular formula is C23H27FN4O2S. The maximum atomic E-state index is 13.5. The van der Waals surface area contributed by atoms with Crippen molar-refractivity contribution in [1.29, 1.82) is 0 Å². The molecule has 2 heterocycles. The molecule has 2 aromatic carbocycles. The van der Waals surface area contributed by atoms with Crippen molar-refractivity contribution in [2.75, 3.05) is 13.1 Å². The van der Waals surface area contributed by atoms with E-state index in [2.05, 4.69) is 35.4 Å². The molecule has 1 fully saturated rings. The topological polar surface area (TPSA) is 67.2 Å². The van der Waals surface area contributed by atoms with Gasteiger partial charge in [-0.05, 0) is 35.2 Å². The van der Waals surface area contributed by atoms with E-state index in [4.69, 9.17) is 0 Å². The predicted octanol–water partition coefficient (Wildman–Crippen LogP) is 3.07. The van der Waals surface area contributed by atoms with Crippen molar-refractivity contribution in [3.63, 3.8) is 0 Å². The molecule has 1 N–H and O–H groups in total. The van der Waals surface area contributed by atoms with Crippen LogP contribution >= 0.6 is 0 Å². The number of nitrogens with one attached hydrogen (secondary N) is 1. The van der Waals surface area contributed by atoms with E-state index in [9.17, 15) is 12.8 Å². The molecule has 1 aliphatic heterocycles. The molecule has 1 saturated heterocycles. The molecule has 0 radical (unpaired) electrons. The largest absolute Gasteiger partial charge is 0.339 e. The van der Waals surface area contributed by atoms with Gasteiger partial charge in [0.2, 0.25) is 0 Å². The molecule has 2 atom stereocenters. The Kier molecular flexibility index (Phi) is 6.22. The molecule has 0 spiro atoms. The van der Waals surface area contributed by atoms with Crippen molar-refractivity contribution in [1.82, 2.24) is 19.2 Å². The highest BCUT2D eigenvalue weighted by molar-refractivity contribution is 7.89. The second-order valence-electron chi connectivity index (χ2n) is 8.02. The van der Waals surface area contributed by atoms with Gasteiger partial charge in [-0.15, -0.1) is 0 Å². The number of aryl methyl sites for hydroxylation is 2. The summed E-state index contributed by atoms with van der Waals surface area (Å²) in [5.74, 6) is -0.394. The lowest BCUT2D eigenvalue weighted by molar-refractivity contribution is 0.454. The fourth-order valence-electron chi connectivity index (χ4n) is 4.08. The van der Waals surface area contributed by atoms with E-state index in [1.165, 1.54) is 34.5 Å². The molecule has 0 saturated carbocycles. The number of hydrogen-bond acceptors (Lipinski definition) is 4. The van der Waals surface area contributed by atoms with Crippen LogP contribution < -0.4 is 5.32 Å². The summed E-state index contributed by atoms with van der Waals surface area (Å²) in [5, 5.41) is 3.59. The zero-order valence-corrected chi connectivity index (χ0v) is 18.5. The van der Waals surface area contributed by atoms with Gasteiger partial charge in [-0.1, -0.05) is 43.3 Å². The lowest BCUT2D eigenvalue weighted by atomic mass is 9.94. The normalized spacial score (nSPS) is 19.7. The fourth-order valence-corrected chi connectivity index (χ4v) is 5.54. The minimum Gasteiger partial charge on any atom is -0.339 e. The van der Waals surface area contributed by atoms with E-state index in [1.807, 2.05) is 6.07 Å². The number of hydrogen-bond donors (Lipinski definition) is 1. The van der Waals surface area contributed by atoms with Crippen LogP contribution in [0.1, 0.15) is 29.5 Å². The molecule has 0 unspecified atom stereocenters. The van der Waals surface area contributed by atoms with E-state index >= 15 is 0 Å². The lowest BCUT2D eigenvalue weighted by Crippen LogP contribution is -2.36. The van der Waals surface area contributed by atoms with Gasteiger partial charge >= 0.3 is 0 Å². The molecule has 31 heavy (non-hydrogen) atoms. The van der Waals surface area contributed by atoms with Crippen molar-refractivity contribution >= 4 is 10.0 Å². The molecule has 4 rings (SSSR count). The van der Waals surface area contributed by atoms with E-state index < -0.39 is 10.0 Å². The van der Waals surface area contributed by atoms with E-state index in [0.717, 1.165) is 17.5 Å². The van der Waals surface area contributed by atoms with Crippen molar-refractivity contribution < 1.29 is 12.8 Å². The van der Waals surface area contributed by atoms with Gasteiger partial charge in [-0.2, -0.15) is 4.31 Å². The van der Waals surface area contributed by atoms with Crippen LogP contribution in [-0.4, -0.2) is 41.4 Å². The third-order valence-electron chi connectivity index (χ3n) is 5.84. The van der Waals surface area contributed by atoms with Crippen LogP contribution in [0.4, 0.5) is 4.39 Å². The zero-order valence-electron chi connectivity index (χ0n) is 17.7. The maximum absolute atomic E-state index is 13.5. The molecule has 0 amide bonds. The van der Waals surface area contributed by atoms with Crippen molar-refractivity contribution in [2.24, 2.45) is 7.05 Å². The van der Waals surface area contributed by atoms with Crippen LogP contribution in [0.25, 0.3) is 0 Å². The minimum atomic E-state index is -3.71. The van der Waals surface area contributed by atoms with E-state index in [0.29, 0.717) is 19.6 Å². The summed E-state index contributed by atoms with van der Waals surface area (Å²) in [6.07, 6.45) is 3.96. The first-order valence-electron chi connectivity index (χ1n) is 10.4. The Balaban J connectivity index is 1.58. The Morgan fingerprint density at radius 2 is 1.87 bits per heavy atom. The monoisotopic (exact) mass is 442 g/mol. The summed E-state index contributed by atoms with van der Waals surface area (Å²) in [7, 11) is -1.96. The first-order chi connectivity index (χ1) is 14.9. The number of aromatic nitrogens is 2. The average Bonchev–Trinajstić information content (AvgIpc) is 3.40. The SMILES string of the molecule is CCc1cccc(CN[C@H]2CN(S(=O)(=O)c3cn(C)cn3)C[C@@H]2c2ccc(F)cc2)c1. The summed E-state index contributed by atoms with van der Waals surface area (Å²) in [6.45, 7) is 3.40. The van der Waals surface area contributed by atoms with Crippen LogP contribution in [0.2, 0.25) is 0 Å². The fraction of sp³-hybridized carbons (Fsp3) is 0.348. The third-order valence-corrected chi connectivity index (χ3v) is 7.56. The third kappa shape index (κ3) is 4.71. The number of sulfonamides is 1. The maximum Gasteiger partial charge on any atom is 0.262 e. The molecule has 1 aliphatic rings. The van der Waals surface area contributed by atoms with Gasteiger partial charge in [-0.3, -0.25) is 0 Å². The number of halogens is 1. The molecule has 164 valence electrons. The minimum absolute atomic E-state index is 0.0455. The molecule has 6 nitrogen and oxygen atoms in total. The summed E-state index contributed by atoms with van der Waals surface area (Å²) in [6, 6.07) is 14.6. The second kappa shape index (κ2) is 8.90. The Labute approximate surface area is 182 Å². The van der Waals surface area contributed by atoms with Gasteiger partial charge in [0.1, 0.15) is 5.82 Å². The first kappa shape index (κ1) is 21.7. The Morgan fingerprint density at radius 3 is 2.55 bits per heavy atom. The Morgan fingerprint density at radius 1 is 1.13 bits per heavy atom. The van der Waals surface area contributed by atoms with Crippen LogP contribution in [0.5, 0.6) is 0 Å². The highest BCUT2D eigenvalue weighted by Gasteiger charge is 2.40. The standard InChI is InChI=1S/C23H27FN4O2S/c1-3-17-5-4-6-18(11-17)12-25-22-14-28(31(29,30)23-15-27(2)16-26-23)13-21(22)19-7-9-20(24)10-8-19/h4-11,15-16,21-22,25H,3,12-14H2,1-2H3/t21-,22+/m1/s1. The summed E-state index contributed by atoms with van der Waals surface area (Å²) in [5.41, 5.74) is 3.34. The summed E-state index contributed by atoms with van der Waals surface area (Å²) < 4.78 is 42.9. The van der Waals surface area contributed by atoms with Crippen LogP contribution in [0.15, 0.2) is 66.1 Å². The quantitative estimate of drug-likeness (QED) is 0.611. The smallest absolute Gasteiger partial charge is 0.262 e. The Hall–Kier alpha value is -2.55. The van der Waals surface area contributed by atoms with Gasteiger partial charge < -0.3 is 9.88 Å². The van der Waals surface area contributed by atoms with Crippen LogP contribution in [0, 0.1) is 5.82 Å². The molecule has 3 aromatic rings. The molecule has 8 heteroatoms. The van der Waals surface area contributed by atoms with Gasteiger partial charge in [0.05, 0.1) is 6.33 Å². The van der Waals surface area contributed by atoms with Crippen LogP contribution in [-0.2, 0) is 30.0 Å². The zero-order chi connectivity index (χ0) is 22.0. The van der Waals surface area contributed by atoms with Crippen molar-refractivity contribution in [3.05, 3.63) is 83.6 Å². The summed E-state index contributed by atoms with van der Waals surface area (Å²) in [4.78, 5) is 4.04. The number of nitrogens with zero attached hydrogens (tertiary/aromatic N) is 3. The molecular weight excluding hydrogens is 415 g/mol. The van der Waals surface area contributed by atoms with Crippen molar-refractivity contribution in [3.8, 4) is 0 Å². The average molecular weight is 443 g/mol. The van der Waals surface area contributed by atoms with Gasteiger partial charge in [0.25, 0.3) is 10.0 Å². The first-order valence-corrected chi connectivity index (χ1v) is 11.9. The molecule has 0 aliphatic carbocycles. The molecule has 1 aromatic heterocycles. The predicted molar refractivity (Wildman–Crippen MR) is 118 cm³/mol. The molecule has 0 bridgehead atoms. The summed E-state index contributed by atoms with van der Waals surface area (Å²) >= 11 is 0. The number of rotatable bonds is 7. The lowest BCUT2D eigenvalue weighted by Gasteiger charge is -2.20. The van der Waals surface area contributed by atoms with Gasteiger partial charge in [0, 0.05) is 44.8 Å². The highest BCUT2D eigenvalue weighted by Crippen LogP contribution is 2.31. The van der Waals surface area contributed by atoms with Crippen LogP contribution in [0.3, 0.4) is 0 Å². The number of imidazole rings is 1. The van der Waals surface area contributed by atoms with Gasteiger partial charge in [0.15, 0.2) is 5.03 Å². The second-order valence-corrected chi connectivity index (χ2v) is 9.90. The van der Waals surface area contributed by atoms with Gasteiger partial charge in [-0.25, -0.2) is 17.8 Å². The van der Waals surface area contributed by atoms with E-state index in [1.54, 1.807) is 23.7 Å².